The summed E-state index contributed by atoms with van der Waals surface area (Å²) in [5.74, 6) is -0.306. The van der Waals surface area contributed by atoms with Gasteiger partial charge in [-0.15, -0.1) is 0 Å². The van der Waals surface area contributed by atoms with Crippen LogP contribution in [0, 0.1) is 0 Å². The van der Waals surface area contributed by atoms with Crippen molar-refractivity contribution in [3.63, 3.8) is 0 Å². The van der Waals surface area contributed by atoms with Gasteiger partial charge in [0.2, 0.25) is 3.79 Å². The van der Waals surface area contributed by atoms with Gasteiger partial charge in [0.15, 0.2) is 0 Å². The Morgan fingerprint density at radius 3 is 2.43 bits per heavy atom. The highest BCUT2D eigenvalue weighted by atomic mass is 35.6. The first kappa shape index (κ1) is 17.2. The van der Waals surface area contributed by atoms with Crippen molar-refractivity contribution in [2.45, 2.75) is 29.2 Å². The quantitative estimate of drug-likeness (QED) is 0.807. The van der Waals surface area contributed by atoms with Crippen molar-refractivity contribution >= 4 is 52.3 Å². The first-order chi connectivity index (χ1) is 9.88. The molecule has 1 amide bonds. The molecule has 1 aromatic rings. The molecule has 1 fully saturated rings. The van der Waals surface area contributed by atoms with Gasteiger partial charge in [0, 0.05) is 23.7 Å². The second-order valence-electron chi connectivity index (χ2n) is 5.02. The van der Waals surface area contributed by atoms with Gasteiger partial charge in [-0.2, -0.15) is 0 Å². The van der Waals surface area contributed by atoms with Crippen LogP contribution < -0.4 is 5.32 Å². The van der Waals surface area contributed by atoms with Gasteiger partial charge in [-0.3, -0.25) is 9.69 Å². The lowest BCUT2D eigenvalue weighted by atomic mass is 10.1. The van der Waals surface area contributed by atoms with Crippen molar-refractivity contribution in [3.05, 3.63) is 34.9 Å². The lowest BCUT2D eigenvalue weighted by Crippen LogP contribution is -2.56. The molecule has 116 valence electrons. The Hall–Kier alpha value is -0.190. The molecule has 1 unspecified atom stereocenters. The number of nitrogens with one attached hydrogen (secondary N) is 1. The van der Waals surface area contributed by atoms with E-state index in [-0.39, 0.29) is 5.91 Å². The van der Waals surface area contributed by atoms with Crippen molar-refractivity contribution < 1.29 is 4.79 Å². The van der Waals surface area contributed by atoms with E-state index in [9.17, 15) is 4.79 Å². The van der Waals surface area contributed by atoms with Gasteiger partial charge < -0.3 is 5.32 Å². The van der Waals surface area contributed by atoms with Crippen molar-refractivity contribution in [2.75, 3.05) is 13.1 Å². The molecule has 1 aliphatic heterocycles. The van der Waals surface area contributed by atoms with Gasteiger partial charge in [-0.05, 0) is 31.0 Å². The first-order valence-corrected chi connectivity index (χ1v) is 8.26. The second-order valence-corrected chi connectivity index (χ2v) is 7.83. The molecule has 3 nitrogen and oxygen atoms in total. The average molecular weight is 370 g/mol. The van der Waals surface area contributed by atoms with E-state index in [0.29, 0.717) is 10.6 Å². The third-order valence-corrected chi connectivity index (χ3v) is 4.28. The average Bonchev–Trinajstić information content (AvgIpc) is 2.44. The fourth-order valence-corrected chi connectivity index (χ4v) is 3.16. The van der Waals surface area contributed by atoms with Gasteiger partial charge in [0.1, 0.15) is 6.17 Å². The molecule has 7 heteroatoms. The first-order valence-electron chi connectivity index (χ1n) is 6.75. The monoisotopic (exact) mass is 368 g/mol. The fourth-order valence-electron chi connectivity index (χ4n) is 2.39. The molecule has 0 spiro atoms. The Morgan fingerprint density at radius 2 is 1.86 bits per heavy atom. The molecule has 0 aromatic heterocycles. The number of nitrogens with zero attached hydrogens (tertiary/aromatic N) is 1. The number of carbonyl (C=O) groups is 1. The van der Waals surface area contributed by atoms with Crippen LogP contribution in [-0.4, -0.2) is 33.9 Å². The molecular formula is C14H16Cl4N2O. The summed E-state index contributed by atoms with van der Waals surface area (Å²) in [5.41, 5.74) is 0.443. The molecule has 1 heterocycles. The number of amides is 1. The lowest BCUT2D eigenvalue weighted by molar-refractivity contribution is 0.0819. The zero-order valence-electron chi connectivity index (χ0n) is 11.3. The number of carbonyl (C=O) groups excluding carboxylic acids is 1. The molecule has 1 saturated heterocycles. The summed E-state index contributed by atoms with van der Waals surface area (Å²) >= 11 is 24.0. The SMILES string of the molecule is O=C(NC(N1CCCCC1)C(Cl)(Cl)Cl)c1cccc(Cl)c1. The van der Waals surface area contributed by atoms with Crippen LogP contribution in [0.2, 0.25) is 5.02 Å². The summed E-state index contributed by atoms with van der Waals surface area (Å²) in [6, 6.07) is 6.67. The molecule has 21 heavy (non-hydrogen) atoms. The number of hydrogen-bond donors (Lipinski definition) is 1. The molecule has 0 aliphatic carbocycles. The van der Waals surface area contributed by atoms with E-state index < -0.39 is 9.96 Å². The predicted octanol–water partition coefficient (Wildman–Crippen LogP) is 4.25. The Balaban J connectivity index is 2.13. The molecule has 1 aromatic carbocycles. The van der Waals surface area contributed by atoms with Crippen LogP contribution in [0.4, 0.5) is 0 Å². The van der Waals surface area contributed by atoms with Gasteiger partial charge in [-0.25, -0.2) is 0 Å². The predicted molar refractivity (Wildman–Crippen MR) is 88.4 cm³/mol. The number of halogens is 4. The van der Waals surface area contributed by atoms with Crippen molar-refractivity contribution in [2.24, 2.45) is 0 Å². The fraction of sp³-hybridized carbons (Fsp3) is 0.500. The zero-order chi connectivity index (χ0) is 15.5. The highest BCUT2D eigenvalue weighted by Crippen LogP contribution is 2.33. The van der Waals surface area contributed by atoms with Crippen LogP contribution in [0.15, 0.2) is 24.3 Å². The molecular weight excluding hydrogens is 354 g/mol. The van der Waals surface area contributed by atoms with E-state index >= 15 is 0 Å². The maximum Gasteiger partial charge on any atom is 0.252 e. The minimum Gasteiger partial charge on any atom is -0.332 e. The summed E-state index contributed by atoms with van der Waals surface area (Å²) in [6.07, 6.45) is 2.56. The van der Waals surface area contributed by atoms with Crippen LogP contribution in [-0.2, 0) is 0 Å². The third-order valence-electron chi connectivity index (χ3n) is 3.42. The number of benzene rings is 1. The second kappa shape index (κ2) is 7.38. The Morgan fingerprint density at radius 1 is 1.19 bits per heavy atom. The van der Waals surface area contributed by atoms with Crippen LogP contribution >= 0.6 is 46.4 Å². The standard InChI is InChI=1S/C14H16Cl4N2O/c15-11-6-4-5-10(9-11)12(21)19-13(14(16,17)18)20-7-2-1-3-8-20/h4-6,9,13H,1-3,7-8H2,(H,19,21). The summed E-state index contributed by atoms with van der Waals surface area (Å²) in [6.45, 7) is 1.60. The van der Waals surface area contributed by atoms with E-state index in [1.54, 1.807) is 24.3 Å². The van der Waals surface area contributed by atoms with Crippen molar-refractivity contribution in [1.29, 1.82) is 0 Å². The Bertz CT molecular complexity index is 498. The van der Waals surface area contributed by atoms with Gasteiger partial charge in [0.25, 0.3) is 5.91 Å². The topological polar surface area (TPSA) is 32.3 Å². The molecule has 1 aliphatic rings. The lowest BCUT2D eigenvalue weighted by Gasteiger charge is -2.38. The maximum absolute atomic E-state index is 12.3. The zero-order valence-corrected chi connectivity index (χ0v) is 14.3. The molecule has 0 radical (unpaired) electrons. The number of rotatable bonds is 3. The van der Waals surface area contributed by atoms with Gasteiger partial charge >= 0.3 is 0 Å². The van der Waals surface area contributed by atoms with Crippen LogP contribution in [0.25, 0.3) is 0 Å². The van der Waals surface area contributed by atoms with E-state index in [0.717, 1.165) is 32.4 Å². The van der Waals surface area contributed by atoms with Crippen LogP contribution in [0.1, 0.15) is 29.6 Å². The largest absolute Gasteiger partial charge is 0.332 e. The summed E-state index contributed by atoms with van der Waals surface area (Å²) in [5, 5.41) is 3.29. The molecule has 0 bridgehead atoms. The summed E-state index contributed by atoms with van der Waals surface area (Å²) < 4.78 is -1.59. The van der Waals surface area contributed by atoms with Crippen molar-refractivity contribution in [3.8, 4) is 0 Å². The highest BCUT2D eigenvalue weighted by molar-refractivity contribution is 6.68. The summed E-state index contributed by atoms with van der Waals surface area (Å²) in [7, 11) is 0. The third kappa shape index (κ3) is 4.90. The minimum atomic E-state index is -1.59. The Labute approximate surface area is 144 Å². The minimum absolute atomic E-state index is 0.306. The molecule has 1 N–H and O–H groups in total. The van der Waals surface area contributed by atoms with Gasteiger partial charge in [0.05, 0.1) is 0 Å². The molecule has 2 rings (SSSR count). The summed E-state index contributed by atoms with van der Waals surface area (Å²) in [4.78, 5) is 14.3. The van der Waals surface area contributed by atoms with E-state index in [2.05, 4.69) is 5.32 Å². The van der Waals surface area contributed by atoms with E-state index in [1.807, 2.05) is 4.90 Å². The Kier molecular flexibility index (Phi) is 6.04. The number of likely N-dealkylation sites (tertiary alicyclic amines) is 1. The van der Waals surface area contributed by atoms with Gasteiger partial charge in [-0.1, -0.05) is 58.9 Å². The smallest absolute Gasteiger partial charge is 0.252 e. The number of hydrogen-bond acceptors (Lipinski definition) is 2. The normalized spacial score (nSPS) is 18.3. The molecule has 0 saturated carbocycles. The molecule has 1 atom stereocenters. The van der Waals surface area contributed by atoms with E-state index in [1.165, 1.54) is 0 Å². The maximum atomic E-state index is 12.3. The number of piperidine rings is 1. The van der Waals surface area contributed by atoms with Crippen LogP contribution in [0.5, 0.6) is 0 Å². The van der Waals surface area contributed by atoms with Crippen LogP contribution in [0.3, 0.4) is 0 Å². The van der Waals surface area contributed by atoms with Crippen molar-refractivity contribution in [1.82, 2.24) is 10.2 Å². The van der Waals surface area contributed by atoms with E-state index in [4.69, 9.17) is 46.4 Å². The number of alkyl halides is 3. The highest BCUT2D eigenvalue weighted by Gasteiger charge is 2.38.